The minimum atomic E-state index is 0. The molecule has 0 fully saturated rings. The number of rotatable bonds is 0. The van der Waals surface area contributed by atoms with Gasteiger partial charge in [-0.2, -0.15) is 6.08 Å². The standard InChI is InChI=1S/C5H5.5CH3.ClH.Rh/c1-2-4-5-3-1;;;;;;;/h1-3H,4H2;5*1H3;1H;/q6*-1;;. The van der Waals surface area contributed by atoms with Gasteiger partial charge < -0.3 is 37.1 Å². The largest absolute Gasteiger partial charge is 0.358 e. The van der Waals surface area contributed by atoms with E-state index >= 15 is 0 Å². The Hall–Kier alpha value is 0.393. The Bertz CT molecular complexity index is 67.9. The second-order valence-corrected chi connectivity index (χ2v) is 1.00. The van der Waals surface area contributed by atoms with Crippen LogP contribution >= 0.6 is 12.4 Å². The molecule has 1 aliphatic rings. The molecule has 0 atom stereocenters. The first-order valence-electron chi connectivity index (χ1n) is 1.72. The molecule has 0 nitrogen and oxygen atoms in total. The molecule has 0 saturated heterocycles. The summed E-state index contributed by atoms with van der Waals surface area (Å²) in [6.07, 6.45) is 10.0. The van der Waals surface area contributed by atoms with Gasteiger partial charge in [0.15, 0.2) is 0 Å². The van der Waals surface area contributed by atoms with E-state index in [4.69, 9.17) is 0 Å². The Morgan fingerprint density at radius 3 is 1.42 bits per heavy atom. The summed E-state index contributed by atoms with van der Waals surface area (Å²) in [6.45, 7) is 0. The smallest absolute Gasteiger partial charge is 0 e. The Morgan fingerprint density at radius 2 is 1.33 bits per heavy atom. The van der Waals surface area contributed by atoms with E-state index in [0.717, 1.165) is 6.42 Å². The second-order valence-electron chi connectivity index (χ2n) is 1.00. The van der Waals surface area contributed by atoms with Gasteiger partial charge in [0, 0.05) is 19.5 Å². The van der Waals surface area contributed by atoms with Crippen molar-refractivity contribution in [3.8, 4) is 0 Å². The minimum absolute atomic E-state index is 0. The van der Waals surface area contributed by atoms with Crippen molar-refractivity contribution in [1.29, 1.82) is 0 Å². The van der Waals surface area contributed by atoms with Crippen molar-refractivity contribution in [2.24, 2.45) is 0 Å². The molecule has 12 heavy (non-hydrogen) atoms. The van der Waals surface area contributed by atoms with Crippen molar-refractivity contribution in [1.82, 2.24) is 0 Å². The van der Waals surface area contributed by atoms with Gasteiger partial charge in [0.1, 0.15) is 0 Å². The van der Waals surface area contributed by atoms with Crippen LogP contribution < -0.4 is 0 Å². The van der Waals surface area contributed by atoms with Crippen molar-refractivity contribution in [3.63, 3.8) is 0 Å². The fourth-order valence-electron chi connectivity index (χ4n) is 0.340. The van der Waals surface area contributed by atoms with Crippen molar-refractivity contribution in [2.75, 3.05) is 0 Å². The molecule has 0 aromatic rings. The molecular formula is C10H21ClRh-6. The molecule has 0 aromatic heterocycles. The predicted octanol–water partition coefficient (Wildman–Crippen LogP) is 3.98. The van der Waals surface area contributed by atoms with Gasteiger partial charge in [0.2, 0.25) is 0 Å². The summed E-state index contributed by atoms with van der Waals surface area (Å²) < 4.78 is 0. The molecule has 0 saturated carbocycles. The van der Waals surface area contributed by atoms with Crippen LogP contribution in [0.1, 0.15) is 6.42 Å². The van der Waals surface area contributed by atoms with Crippen LogP contribution in [0.2, 0.25) is 0 Å². The molecule has 0 spiro atoms. The van der Waals surface area contributed by atoms with Gasteiger partial charge in [-0.15, -0.1) is 18.8 Å². The molecule has 1 radical (unpaired) electrons. The van der Waals surface area contributed by atoms with E-state index in [-0.39, 0.29) is 69.0 Å². The van der Waals surface area contributed by atoms with E-state index < -0.39 is 0 Å². The van der Waals surface area contributed by atoms with Crippen LogP contribution in [-0.2, 0) is 19.5 Å². The third kappa shape index (κ3) is 31.5. The van der Waals surface area contributed by atoms with E-state index in [1.54, 1.807) is 0 Å². The first kappa shape index (κ1) is 55.3. The molecule has 0 aliphatic heterocycles. The second kappa shape index (κ2) is 42.3. The maximum absolute atomic E-state index is 2.99. The summed E-state index contributed by atoms with van der Waals surface area (Å²) >= 11 is 0. The summed E-state index contributed by atoms with van der Waals surface area (Å²) in [5.41, 5.74) is 0. The van der Waals surface area contributed by atoms with Gasteiger partial charge in [-0.05, 0) is 0 Å². The topological polar surface area (TPSA) is 0 Å². The summed E-state index contributed by atoms with van der Waals surface area (Å²) in [6, 6.07) is 0. The first-order valence-corrected chi connectivity index (χ1v) is 1.72. The van der Waals surface area contributed by atoms with E-state index in [1.165, 1.54) is 0 Å². The normalized spacial score (nSPS) is 7.33. The average molecular weight is 280 g/mol. The molecular weight excluding hydrogens is 258 g/mol. The molecule has 83 valence electrons. The molecule has 0 aromatic carbocycles. The van der Waals surface area contributed by atoms with Crippen molar-refractivity contribution in [2.45, 2.75) is 6.42 Å². The summed E-state index contributed by atoms with van der Waals surface area (Å²) in [7, 11) is 0. The van der Waals surface area contributed by atoms with E-state index in [9.17, 15) is 0 Å². The van der Waals surface area contributed by atoms with E-state index in [1.807, 2.05) is 12.2 Å². The number of halogens is 1. The van der Waals surface area contributed by atoms with Crippen LogP contribution in [0.25, 0.3) is 0 Å². The molecule has 1 aliphatic carbocycles. The third-order valence-electron chi connectivity index (χ3n) is 0.586. The van der Waals surface area contributed by atoms with Crippen LogP contribution in [-0.4, -0.2) is 0 Å². The third-order valence-corrected chi connectivity index (χ3v) is 0.586. The molecule has 0 N–H and O–H groups in total. The zero-order valence-corrected chi connectivity index (χ0v) is 11.1. The van der Waals surface area contributed by atoms with E-state index in [0.29, 0.717) is 0 Å². The van der Waals surface area contributed by atoms with Gasteiger partial charge in [0.05, 0.1) is 0 Å². The molecule has 2 heteroatoms. The molecule has 1 rings (SSSR count). The van der Waals surface area contributed by atoms with Crippen LogP contribution in [0, 0.1) is 43.2 Å². The van der Waals surface area contributed by atoms with Gasteiger partial charge in [-0.1, -0.05) is 0 Å². The molecule has 0 bridgehead atoms. The molecule has 0 amide bonds. The maximum atomic E-state index is 2.99. The fourth-order valence-corrected chi connectivity index (χ4v) is 0.340. The van der Waals surface area contributed by atoms with Crippen molar-refractivity contribution < 1.29 is 19.5 Å². The average Bonchev–Trinajstić information content (AvgIpc) is 1.76. The van der Waals surface area contributed by atoms with Gasteiger partial charge >= 0.3 is 0 Å². The summed E-state index contributed by atoms with van der Waals surface area (Å²) in [4.78, 5) is 0. The maximum Gasteiger partial charge on any atom is 0 e. The zero-order valence-electron chi connectivity index (χ0n) is 8.68. The van der Waals surface area contributed by atoms with Crippen LogP contribution in [0.5, 0.6) is 0 Å². The van der Waals surface area contributed by atoms with Gasteiger partial charge in [-0.25, -0.2) is 12.2 Å². The quantitative estimate of drug-likeness (QED) is 0.465. The number of allylic oxidation sites excluding steroid dienone is 4. The number of hydrogen-bond donors (Lipinski definition) is 0. The Balaban J connectivity index is -0.00000000714. The number of hydrogen-bond acceptors (Lipinski definition) is 0. The van der Waals surface area contributed by atoms with Crippen LogP contribution in [0.4, 0.5) is 0 Å². The Morgan fingerprint density at radius 1 is 0.917 bits per heavy atom. The fraction of sp³-hybridized carbons (Fsp3) is 0.100. The Kier molecular flexibility index (Phi) is 195. The monoisotopic (exact) mass is 279 g/mol. The van der Waals surface area contributed by atoms with Gasteiger partial charge in [0.25, 0.3) is 0 Å². The van der Waals surface area contributed by atoms with Gasteiger partial charge in [-0.3, -0.25) is 6.08 Å². The summed E-state index contributed by atoms with van der Waals surface area (Å²) in [5.74, 6) is 0. The van der Waals surface area contributed by atoms with Crippen molar-refractivity contribution >= 4 is 12.4 Å². The SMILES string of the molecule is Cl.[C-]1=CC=CC1.[CH3-].[CH3-].[CH3-].[CH3-].[CH3-].[Rh]. The predicted molar refractivity (Wildman–Crippen MR) is 60.9 cm³/mol. The first-order chi connectivity index (χ1) is 2.50. The molecule has 0 unspecified atom stereocenters. The molecule has 0 heterocycles. The van der Waals surface area contributed by atoms with Crippen LogP contribution in [0.3, 0.4) is 0 Å². The summed E-state index contributed by atoms with van der Waals surface area (Å²) in [5, 5.41) is 0. The van der Waals surface area contributed by atoms with Crippen molar-refractivity contribution in [3.05, 3.63) is 61.4 Å². The Labute approximate surface area is 99.7 Å². The zero-order chi connectivity index (χ0) is 3.54. The minimum Gasteiger partial charge on any atom is -0.358 e. The van der Waals surface area contributed by atoms with E-state index in [2.05, 4.69) is 12.2 Å². The van der Waals surface area contributed by atoms with Crippen LogP contribution in [0.15, 0.2) is 18.2 Å².